The maximum atomic E-state index is 12.2. The fourth-order valence-electron chi connectivity index (χ4n) is 1.70. The zero-order valence-electron chi connectivity index (χ0n) is 10.3. The summed E-state index contributed by atoms with van der Waals surface area (Å²) in [6.45, 7) is 1.45. The number of benzene rings is 2. The summed E-state index contributed by atoms with van der Waals surface area (Å²) in [4.78, 5) is 23.2. The molecule has 2 aromatic carbocycles. The van der Waals surface area contributed by atoms with E-state index in [2.05, 4.69) is 27.9 Å². The van der Waals surface area contributed by atoms with Crippen LogP contribution in [0.25, 0.3) is 0 Å². The second kappa shape index (κ2) is 5.97. The Bertz CT molecular complexity index is 620. The van der Waals surface area contributed by atoms with Crippen molar-refractivity contribution < 1.29 is 9.59 Å². The lowest BCUT2D eigenvalue weighted by Crippen LogP contribution is -2.06. The number of nitrogens with one attached hydrogen (secondary N) is 1. The molecule has 0 atom stereocenters. The summed E-state index contributed by atoms with van der Waals surface area (Å²) in [6, 6.07) is 14.3. The molecule has 19 heavy (non-hydrogen) atoms. The van der Waals surface area contributed by atoms with Crippen molar-refractivity contribution in [1.82, 2.24) is 0 Å². The number of carbonyl (C=O) groups is 2. The third-order valence-electron chi connectivity index (χ3n) is 2.55. The second-order valence-electron chi connectivity index (χ2n) is 4.10. The minimum absolute atomic E-state index is 0.0205. The average molecular weight is 365 g/mol. The molecule has 0 aliphatic heterocycles. The minimum atomic E-state index is -0.128. The lowest BCUT2D eigenvalue weighted by Gasteiger charge is -2.04. The Labute approximate surface area is 125 Å². The molecule has 0 aromatic heterocycles. The number of rotatable bonds is 3. The molecule has 0 heterocycles. The molecule has 0 aliphatic carbocycles. The Hall–Kier alpha value is -1.69. The molecule has 0 spiro atoms. The molecule has 0 unspecified atom stereocenters. The van der Waals surface area contributed by atoms with Gasteiger partial charge in [-0.05, 0) is 59.0 Å². The molecule has 2 rings (SSSR count). The molecule has 2 aromatic rings. The van der Waals surface area contributed by atoms with Crippen molar-refractivity contribution in [2.45, 2.75) is 6.92 Å². The first-order valence-electron chi connectivity index (χ1n) is 5.74. The third kappa shape index (κ3) is 3.64. The number of halogens is 1. The van der Waals surface area contributed by atoms with Gasteiger partial charge in [-0.2, -0.15) is 0 Å². The highest BCUT2D eigenvalue weighted by atomic mass is 127. The molecular formula is C15H12INO2. The van der Waals surface area contributed by atoms with Gasteiger partial charge in [-0.1, -0.05) is 12.1 Å². The number of anilines is 1. The average Bonchev–Trinajstić information content (AvgIpc) is 2.38. The number of ketones is 1. The molecule has 0 saturated carbocycles. The van der Waals surface area contributed by atoms with Gasteiger partial charge < -0.3 is 5.32 Å². The summed E-state index contributed by atoms with van der Waals surface area (Å²) in [5.41, 5.74) is 1.96. The van der Waals surface area contributed by atoms with Crippen molar-refractivity contribution in [3.8, 4) is 0 Å². The first-order chi connectivity index (χ1) is 9.06. The van der Waals surface area contributed by atoms with E-state index in [9.17, 15) is 9.59 Å². The standard InChI is InChI=1S/C15H12INO2/c1-10(18)17-14-7-5-11(6-8-14)15(19)12-3-2-4-13(16)9-12/h2-9H,1H3,(H,17,18). The second-order valence-corrected chi connectivity index (χ2v) is 5.34. The van der Waals surface area contributed by atoms with Crippen LogP contribution in [0.1, 0.15) is 22.8 Å². The fraction of sp³-hybridized carbons (Fsp3) is 0.0667. The van der Waals surface area contributed by atoms with E-state index in [-0.39, 0.29) is 11.7 Å². The molecule has 96 valence electrons. The topological polar surface area (TPSA) is 46.2 Å². The van der Waals surface area contributed by atoms with Crippen LogP contribution in [0, 0.1) is 3.57 Å². The van der Waals surface area contributed by atoms with Gasteiger partial charge in [-0.3, -0.25) is 9.59 Å². The van der Waals surface area contributed by atoms with Gasteiger partial charge in [0.2, 0.25) is 5.91 Å². The highest BCUT2D eigenvalue weighted by molar-refractivity contribution is 14.1. The van der Waals surface area contributed by atoms with E-state index >= 15 is 0 Å². The van der Waals surface area contributed by atoms with E-state index in [4.69, 9.17) is 0 Å². The molecule has 0 bridgehead atoms. The van der Waals surface area contributed by atoms with Gasteiger partial charge in [-0.25, -0.2) is 0 Å². The Balaban J connectivity index is 2.22. The quantitative estimate of drug-likeness (QED) is 0.669. The Morgan fingerprint density at radius 2 is 1.68 bits per heavy atom. The van der Waals surface area contributed by atoms with Gasteiger partial charge >= 0.3 is 0 Å². The highest BCUT2D eigenvalue weighted by Gasteiger charge is 2.09. The van der Waals surface area contributed by atoms with Crippen molar-refractivity contribution >= 4 is 40.0 Å². The van der Waals surface area contributed by atoms with E-state index < -0.39 is 0 Å². The van der Waals surface area contributed by atoms with Gasteiger partial charge in [-0.15, -0.1) is 0 Å². The van der Waals surface area contributed by atoms with Crippen molar-refractivity contribution in [3.05, 3.63) is 63.2 Å². The minimum Gasteiger partial charge on any atom is -0.326 e. The smallest absolute Gasteiger partial charge is 0.221 e. The van der Waals surface area contributed by atoms with Crippen LogP contribution in [0.2, 0.25) is 0 Å². The van der Waals surface area contributed by atoms with Crippen LogP contribution in [0.15, 0.2) is 48.5 Å². The number of hydrogen-bond acceptors (Lipinski definition) is 2. The van der Waals surface area contributed by atoms with Crippen LogP contribution in [0.5, 0.6) is 0 Å². The maximum Gasteiger partial charge on any atom is 0.221 e. The Kier molecular flexibility index (Phi) is 4.31. The van der Waals surface area contributed by atoms with E-state index in [1.807, 2.05) is 18.2 Å². The van der Waals surface area contributed by atoms with Crippen LogP contribution < -0.4 is 5.32 Å². The Morgan fingerprint density at radius 1 is 1.00 bits per heavy atom. The van der Waals surface area contributed by atoms with Crippen molar-refractivity contribution in [3.63, 3.8) is 0 Å². The van der Waals surface area contributed by atoms with Gasteiger partial charge in [0.25, 0.3) is 0 Å². The first-order valence-corrected chi connectivity index (χ1v) is 6.82. The lowest BCUT2D eigenvalue weighted by molar-refractivity contribution is -0.114. The summed E-state index contributed by atoms with van der Waals surface area (Å²) < 4.78 is 1.03. The SMILES string of the molecule is CC(=O)Nc1ccc(C(=O)c2cccc(I)c2)cc1. The summed E-state index contributed by atoms with van der Waals surface area (Å²) >= 11 is 2.18. The molecule has 3 nitrogen and oxygen atoms in total. The van der Waals surface area contributed by atoms with E-state index in [1.165, 1.54) is 6.92 Å². The van der Waals surface area contributed by atoms with Gasteiger partial charge in [0.15, 0.2) is 5.78 Å². The van der Waals surface area contributed by atoms with Gasteiger partial charge in [0.05, 0.1) is 0 Å². The van der Waals surface area contributed by atoms with Crippen LogP contribution in [0.4, 0.5) is 5.69 Å². The summed E-state index contributed by atoms with van der Waals surface area (Å²) in [6.07, 6.45) is 0. The number of amides is 1. The molecule has 0 radical (unpaired) electrons. The van der Waals surface area contributed by atoms with Crippen LogP contribution in [-0.4, -0.2) is 11.7 Å². The zero-order chi connectivity index (χ0) is 13.8. The number of hydrogen-bond donors (Lipinski definition) is 1. The largest absolute Gasteiger partial charge is 0.326 e. The van der Waals surface area contributed by atoms with Crippen molar-refractivity contribution in [1.29, 1.82) is 0 Å². The van der Waals surface area contributed by atoms with E-state index in [1.54, 1.807) is 30.3 Å². The fourth-order valence-corrected chi connectivity index (χ4v) is 2.25. The molecule has 1 amide bonds. The zero-order valence-corrected chi connectivity index (χ0v) is 12.5. The van der Waals surface area contributed by atoms with Crippen molar-refractivity contribution in [2.24, 2.45) is 0 Å². The maximum absolute atomic E-state index is 12.2. The predicted molar refractivity (Wildman–Crippen MR) is 83.3 cm³/mol. The van der Waals surface area contributed by atoms with Crippen molar-refractivity contribution in [2.75, 3.05) is 5.32 Å². The summed E-state index contributed by atoms with van der Waals surface area (Å²) in [5, 5.41) is 2.67. The van der Waals surface area contributed by atoms with Gasteiger partial charge in [0.1, 0.15) is 0 Å². The Morgan fingerprint density at radius 3 is 2.26 bits per heavy atom. The third-order valence-corrected chi connectivity index (χ3v) is 3.23. The lowest BCUT2D eigenvalue weighted by atomic mass is 10.0. The summed E-state index contributed by atoms with van der Waals surface area (Å²) in [7, 11) is 0. The molecule has 0 aliphatic rings. The van der Waals surface area contributed by atoms with E-state index in [0.29, 0.717) is 16.8 Å². The van der Waals surface area contributed by atoms with Crippen LogP contribution >= 0.6 is 22.6 Å². The molecule has 4 heteroatoms. The van der Waals surface area contributed by atoms with Gasteiger partial charge in [0, 0.05) is 27.3 Å². The predicted octanol–water partition coefficient (Wildman–Crippen LogP) is 3.48. The highest BCUT2D eigenvalue weighted by Crippen LogP contribution is 2.15. The molecule has 1 N–H and O–H groups in total. The number of carbonyl (C=O) groups excluding carboxylic acids is 2. The molecular weight excluding hydrogens is 353 g/mol. The van der Waals surface area contributed by atoms with Crippen LogP contribution in [0.3, 0.4) is 0 Å². The van der Waals surface area contributed by atoms with Crippen LogP contribution in [-0.2, 0) is 4.79 Å². The molecule has 0 fully saturated rings. The summed E-state index contributed by atoms with van der Waals surface area (Å²) in [5.74, 6) is -0.149. The normalized spacial score (nSPS) is 10.0. The molecule has 0 saturated heterocycles. The first kappa shape index (κ1) is 13.7. The van der Waals surface area contributed by atoms with E-state index in [0.717, 1.165) is 3.57 Å². The monoisotopic (exact) mass is 365 g/mol.